The van der Waals surface area contributed by atoms with Crippen LogP contribution in [0.3, 0.4) is 0 Å². The van der Waals surface area contributed by atoms with Crippen molar-refractivity contribution in [3.05, 3.63) is 0 Å². The smallest absolute Gasteiger partial charge is 0.231 e. The van der Waals surface area contributed by atoms with Crippen molar-refractivity contribution in [3.63, 3.8) is 0 Å². The maximum Gasteiger partial charge on any atom is 0.231 e. The second kappa shape index (κ2) is 6.58. The minimum Gasteiger partial charge on any atom is -0.303 e. The molecule has 4 nitrogen and oxygen atoms in total. The van der Waals surface area contributed by atoms with Crippen LogP contribution in [-0.4, -0.2) is 39.3 Å². The minimum absolute atomic E-state index is 0.107. The van der Waals surface area contributed by atoms with Crippen LogP contribution in [0.1, 0.15) is 33.1 Å². The van der Waals surface area contributed by atoms with Gasteiger partial charge in [0.15, 0.2) is 0 Å². The van der Waals surface area contributed by atoms with Crippen molar-refractivity contribution >= 4 is 11.3 Å². The van der Waals surface area contributed by atoms with Crippen molar-refractivity contribution in [2.24, 2.45) is 5.92 Å². The van der Waals surface area contributed by atoms with Crippen LogP contribution in [0.2, 0.25) is 0 Å². The Bertz CT molecular complexity index is 206. The number of likely N-dealkylation sites (tertiary alicyclic amines) is 1. The molecule has 0 amide bonds. The molecule has 0 bridgehead atoms. The Kier molecular flexibility index (Phi) is 5.74. The third-order valence-electron chi connectivity index (χ3n) is 3.06. The van der Waals surface area contributed by atoms with E-state index in [9.17, 15) is 4.21 Å². The van der Waals surface area contributed by atoms with Gasteiger partial charge in [-0.1, -0.05) is 6.92 Å². The van der Waals surface area contributed by atoms with Crippen LogP contribution in [-0.2, 0) is 11.3 Å². The molecule has 1 saturated heterocycles. The fraction of sp³-hybridized carbons (Fsp3) is 1.00. The molecule has 0 aromatic rings. The lowest BCUT2D eigenvalue weighted by atomic mass is 9.99. The van der Waals surface area contributed by atoms with Gasteiger partial charge in [-0.05, 0) is 51.7 Å². The van der Waals surface area contributed by atoms with E-state index in [0.717, 1.165) is 18.9 Å². The summed E-state index contributed by atoms with van der Waals surface area (Å²) in [4.78, 5) is 2.44. The lowest BCUT2D eigenvalue weighted by molar-refractivity contribution is 0.187. The SMILES string of the molecule is CC1CCN(CCC(C)NS(=O)O)CC1. The third-order valence-corrected chi connectivity index (χ3v) is 3.66. The fourth-order valence-electron chi connectivity index (χ4n) is 1.89. The highest BCUT2D eigenvalue weighted by Gasteiger charge is 2.16. The first-order valence-corrected chi connectivity index (χ1v) is 6.78. The van der Waals surface area contributed by atoms with E-state index in [0.29, 0.717) is 0 Å². The summed E-state index contributed by atoms with van der Waals surface area (Å²) in [6.45, 7) is 7.63. The summed E-state index contributed by atoms with van der Waals surface area (Å²) in [5.74, 6) is 0.863. The molecule has 2 N–H and O–H groups in total. The normalized spacial score (nSPS) is 23.9. The highest BCUT2D eigenvalue weighted by molar-refractivity contribution is 7.77. The maximum atomic E-state index is 10.5. The molecule has 1 fully saturated rings. The zero-order valence-electron chi connectivity index (χ0n) is 9.61. The molecule has 0 spiro atoms. The van der Waals surface area contributed by atoms with Crippen LogP contribution in [0.4, 0.5) is 0 Å². The Labute approximate surface area is 94.8 Å². The van der Waals surface area contributed by atoms with Gasteiger partial charge in [0.1, 0.15) is 0 Å². The first kappa shape index (κ1) is 13.1. The van der Waals surface area contributed by atoms with E-state index in [1.54, 1.807) is 0 Å². The van der Waals surface area contributed by atoms with E-state index in [4.69, 9.17) is 4.55 Å². The van der Waals surface area contributed by atoms with E-state index in [2.05, 4.69) is 16.5 Å². The topological polar surface area (TPSA) is 52.6 Å². The van der Waals surface area contributed by atoms with Gasteiger partial charge in [-0.3, -0.25) is 4.55 Å². The minimum atomic E-state index is -1.88. The van der Waals surface area contributed by atoms with E-state index >= 15 is 0 Å². The quantitative estimate of drug-likeness (QED) is 0.703. The number of piperidine rings is 1. The average molecular weight is 234 g/mol. The van der Waals surface area contributed by atoms with Crippen LogP contribution < -0.4 is 4.72 Å². The van der Waals surface area contributed by atoms with Crippen molar-refractivity contribution in [2.45, 2.75) is 39.2 Å². The van der Waals surface area contributed by atoms with Crippen LogP contribution >= 0.6 is 0 Å². The van der Waals surface area contributed by atoms with Crippen molar-refractivity contribution in [1.29, 1.82) is 0 Å². The summed E-state index contributed by atoms with van der Waals surface area (Å²) in [5.41, 5.74) is 0. The Morgan fingerprint density at radius 2 is 2.13 bits per heavy atom. The molecule has 0 aromatic heterocycles. The molecular formula is C10H22N2O2S. The lowest BCUT2D eigenvalue weighted by Crippen LogP contribution is -2.37. The monoisotopic (exact) mass is 234 g/mol. The average Bonchev–Trinajstić information content (AvgIpc) is 2.16. The summed E-state index contributed by atoms with van der Waals surface area (Å²) in [6.07, 6.45) is 3.50. The van der Waals surface area contributed by atoms with Crippen molar-refractivity contribution < 1.29 is 8.76 Å². The van der Waals surface area contributed by atoms with Crippen LogP contribution in [0.25, 0.3) is 0 Å². The van der Waals surface area contributed by atoms with Gasteiger partial charge in [0.25, 0.3) is 0 Å². The summed E-state index contributed by atoms with van der Waals surface area (Å²) >= 11 is -1.88. The molecule has 0 radical (unpaired) electrons. The third kappa shape index (κ3) is 5.61. The second-order valence-electron chi connectivity index (χ2n) is 4.58. The molecule has 1 rings (SSSR count). The zero-order chi connectivity index (χ0) is 11.3. The molecule has 15 heavy (non-hydrogen) atoms. The first-order chi connectivity index (χ1) is 7.08. The Morgan fingerprint density at radius 3 is 2.67 bits per heavy atom. The summed E-state index contributed by atoms with van der Waals surface area (Å²) < 4.78 is 21.7. The molecule has 0 aromatic carbocycles. The van der Waals surface area contributed by atoms with Gasteiger partial charge in [-0.25, -0.2) is 8.93 Å². The van der Waals surface area contributed by atoms with Gasteiger partial charge < -0.3 is 4.90 Å². The van der Waals surface area contributed by atoms with Crippen LogP contribution in [0.5, 0.6) is 0 Å². The van der Waals surface area contributed by atoms with Crippen molar-refractivity contribution in [2.75, 3.05) is 19.6 Å². The Morgan fingerprint density at radius 1 is 1.53 bits per heavy atom. The van der Waals surface area contributed by atoms with Crippen molar-refractivity contribution in [3.8, 4) is 0 Å². The molecule has 5 heteroatoms. The standard InChI is InChI=1S/C10H22N2O2S/c1-9-3-6-12(7-4-9)8-5-10(2)11-15(13)14/h9-11H,3-8H2,1-2H3,(H,13,14). The lowest BCUT2D eigenvalue weighted by Gasteiger charge is -2.30. The van der Waals surface area contributed by atoms with E-state index in [-0.39, 0.29) is 6.04 Å². The van der Waals surface area contributed by atoms with E-state index in [1.807, 2.05) is 6.92 Å². The highest BCUT2D eigenvalue weighted by Crippen LogP contribution is 2.16. The molecule has 1 aliphatic rings. The number of hydrogen-bond acceptors (Lipinski definition) is 2. The van der Waals surface area contributed by atoms with Gasteiger partial charge in [-0.15, -0.1) is 0 Å². The largest absolute Gasteiger partial charge is 0.303 e. The van der Waals surface area contributed by atoms with Crippen LogP contribution in [0.15, 0.2) is 0 Å². The zero-order valence-corrected chi connectivity index (χ0v) is 10.4. The Hall–Kier alpha value is 0.0300. The predicted octanol–water partition coefficient (Wildman–Crippen LogP) is 1.22. The van der Waals surface area contributed by atoms with Crippen molar-refractivity contribution in [1.82, 2.24) is 9.62 Å². The number of nitrogens with zero attached hydrogens (tertiary/aromatic N) is 1. The van der Waals surface area contributed by atoms with Gasteiger partial charge in [-0.2, -0.15) is 0 Å². The number of hydrogen-bond donors (Lipinski definition) is 2. The molecule has 0 saturated carbocycles. The maximum absolute atomic E-state index is 10.5. The fourth-order valence-corrected chi connectivity index (χ4v) is 2.35. The molecule has 1 aliphatic heterocycles. The van der Waals surface area contributed by atoms with Gasteiger partial charge >= 0.3 is 0 Å². The Balaban J connectivity index is 2.11. The number of rotatable bonds is 5. The van der Waals surface area contributed by atoms with E-state index < -0.39 is 11.3 Å². The highest BCUT2D eigenvalue weighted by atomic mass is 32.2. The summed E-state index contributed by atoms with van der Waals surface area (Å²) in [5, 5.41) is 0. The first-order valence-electron chi connectivity index (χ1n) is 5.67. The molecule has 2 atom stereocenters. The summed E-state index contributed by atoms with van der Waals surface area (Å²) in [7, 11) is 0. The molecule has 90 valence electrons. The number of nitrogens with one attached hydrogen (secondary N) is 1. The van der Waals surface area contributed by atoms with Gasteiger partial charge in [0.2, 0.25) is 11.3 Å². The molecule has 0 aliphatic carbocycles. The predicted molar refractivity (Wildman–Crippen MR) is 62.8 cm³/mol. The van der Waals surface area contributed by atoms with E-state index in [1.165, 1.54) is 25.9 Å². The molecular weight excluding hydrogens is 212 g/mol. The second-order valence-corrected chi connectivity index (χ2v) is 5.31. The summed E-state index contributed by atoms with van der Waals surface area (Å²) in [6, 6.07) is 0.107. The molecule has 1 heterocycles. The van der Waals surface area contributed by atoms with Crippen LogP contribution in [0, 0.1) is 5.92 Å². The molecule has 2 unspecified atom stereocenters. The van der Waals surface area contributed by atoms with Gasteiger partial charge in [0, 0.05) is 6.04 Å². The van der Waals surface area contributed by atoms with Gasteiger partial charge in [0.05, 0.1) is 0 Å².